The summed E-state index contributed by atoms with van der Waals surface area (Å²) in [6, 6.07) is 25.3. The molecule has 3 rings (SSSR count). The van der Waals surface area contributed by atoms with E-state index >= 15 is 0 Å². The van der Waals surface area contributed by atoms with Gasteiger partial charge in [0.2, 0.25) is 0 Å². The Morgan fingerprint density at radius 2 is 1.78 bits per heavy atom. The third-order valence-electron chi connectivity index (χ3n) is 2.92. The maximum absolute atomic E-state index is 5.89. The zero-order valence-corrected chi connectivity index (χ0v) is 9.97. The Morgan fingerprint density at radius 1 is 0.889 bits per heavy atom. The average molecular weight is 233 g/mol. The van der Waals surface area contributed by atoms with Crippen LogP contribution in [0.3, 0.4) is 0 Å². The molecule has 87 valence electrons. The van der Waals surface area contributed by atoms with Gasteiger partial charge in [0.15, 0.2) is 0 Å². The van der Waals surface area contributed by atoms with Crippen LogP contribution in [0.5, 0.6) is 5.75 Å². The molecule has 0 heterocycles. The topological polar surface area (TPSA) is 9.23 Å². The van der Waals surface area contributed by atoms with Crippen LogP contribution in [0.25, 0.3) is 10.8 Å². The van der Waals surface area contributed by atoms with Crippen molar-refractivity contribution in [3.05, 3.63) is 78.4 Å². The van der Waals surface area contributed by atoms with Crippen molar-refractivity contribution in [3.63, 3.8) is 0 Å². The van der Waals surface area contributed by atoms with E-state index in [0.29, 0.717) is 6.61 Å². The number of hydrogen-bond donors (Lipinski definition) is 0. The van der Waals surface area contributed by atoms with E-state index in [4.69, 9.17) is 4.74 Å². The lowest BCUT2D eigenvalue weighted by Crippen LogP contribution is -1.95. The van der Waals surface area contributed by atoms with Crippen molar-refractivity contribution in [1.29, 1.82) is 0 Å². The normalized spacial score (nSPS) is 10.4. The Bertz CT molecular complexity index is 639. The molecule has 0 amide bonds. The van der Waals surface area contributed by atoms with Crippen LogP contribution in [0.15, 0.2) is 66.7 Å². The first kappa shape index (κ1) is 10.8. The molecule has 0 saturated carbocycles. The second kappa shape index (κ2) is 4.92. The van der Waals surface area contributed by atoms with Gasteiger partial charge in [0.25, 0.3) is 0 Å². The molecule has 3 aromatic rings. The molecule has 0 aliphatic rings. The fourth-order valence-corrected chi connectivity index (χ4v) is 2.00. The highest BCUT2D eigenvalue weighted by Gasteiger charge is 2.01. The molecule has 1 heteroatoms. The Hall–Kier alpha value is -2.28. The SMILES string of the molecule is [c]1ccc2c(OCc3ccccc3)cccc2c1. The van der Waals surface area contributed by atoms with Crippen LogP contribution in [-0.2, 0) is 6.61 Å². The molecule has 0 bridgehead atoms. The van der Waals surface area contributed by atoms with E-state index in [1.54, 1.807) is 0 Å². The van der Waals surface area contributed by atoms with Gasteiger partial charge in [0.05, 0.1) is 0 Å². The molecule has 3 aromatic carbocycles. The first-order valence-corrected chi connectivity index (χ1v) is 5.99. The quantitative estimate of drug-likeness (QED) is 0.658. The highest BCUT2D eigenvalue weighted by atomic mass is 16.5. The van der Waals surface area contributed by atoms with E-state index in [9.17, 15) is 0 Å². The molecule has 1 radical (unpaired) electrons. The average Bonchev–Trinajstić information content (AvgIpc) is 2.46. The molecule has 0 fully saturated rings. The minimum atomic E-state index is 0.596. The van der Waals surface area contributed by atoms with Gasteiger partial charge in [-0.1, -0.05) is 54.6 Å². The van der Waals surface area contributed by atoms with Crippen molar-refractivity contribution >= 4 is 10.8 Å². The zero-order chi connectivity index (χ0) is 12.2. The molecule has 0 N–H and O–H groups in total. The van der Waals surface area contributed by atoms with Gasteiger partial charge in [0.1, 0.15) is 12.4 Å². The number of ether oxygens (including phenoxy) is 1. The number of benzene rings is 3. The van der Waals surface area contributed by atoms with Crippen LogP contribution in [0.4, 0.5) is 0 Å². The standard InChI is InChI=1S/C17H13O/c1-2-7-14(8-3-1)13-18-17-12-6-10-15-9-4-5-11-16(15)17/h1-3,5-12H,13H2. The smallest absolute Gasteiger partial charge is 0.127 e. The maximum atomic E-state index is 5.89. The van der Waals surface area contributed by atoms with E-state index in [2.05, 4.69) is 24.3 Å². The Labute approximate surface area is 107 Å². The maximum Gasteiger partial charge on any atom is 0.127 e. The first-order chi connectivity index (χ1) is 8.93. The van der Waals surface area contributed by atoms with Crippen LogP contribution in [0.2, 0.25) is 0 Å². The summed E-state index contributed by atoms with van der Waals surface area (Å²) in [5, 5.41) is 2.29. The summed E-state index contributed by atoms with van der Waals surface area (Å²) >= 11 is 0. The van der Waals surface area contributed by atoms with Crippen LogP contribution >= 0.6 is 0 Å². The monoisotopic (exact) mass is 233 g/mol. The van der Waals surface area contributed by atoms with Crippen LogP contribution in [-0.4, -0.2) is 0 Å². The van der Waals surface area contributed by atoms with Gasteiger partial charge in [-0.05, 0) is 29.1 Å². The first-order valence-electron chi connectivity index (χ1n) is 5.99. The molecule has 0 aliphatic heterocycles. The number of fused-ring (bicyclic) bond motifs is 1. The third kappa shape index (κ3) is 2.21. The summed E-state index contributed by atoms with van der Waals surface area (Å²) < 4.78 is 5.89. The second-order valence-corrected chi connectivity index (χ2v) is 4.18. The van der Waals surface area contributed by atoms with Crippen molar-refractivity contribution in [1.82, 2.24) is 0 Å². The van der Waals surface area contributed by atoms with Gasteiger partial charge in [-0.3, -0.25) is 0 Å². The van der Waals surface area contributed by atoms with Crippen molar-refractivity contribution in [3.8, 4) is 5.75 Å². The fraction of sp³-hybridized carbons (Fsp3) is 0.0588. The molecular weight excluding hydrogens is 220 g/mol. The molecule has 0 unspecified atom stereocenters. The van der Waals surface area contributed by atoms with Gasteiger partial charge in [-0.15, -0.1) is 0 Å². The molecule has 0 spiro atoms. The van der Waals surface area contributed by atoms with E-state index in [-0.39, 0.29) is 0 Å². The molecule has 1 nitrogen and oxygen atoms in total. The molecule has 0 saturated heterocycles. The summed E-state index contributed by atoms with van der Waals surface area (Å²) in [7, 11) is 0. The molecule has 18 heavy (non-hydrogen) atoms. The van der Waals surface area contributed by atoms with E-state index in [1.165, 1.54) is 5.56 Å². The van der Waals surface area contributed by atoms with E-state index in [0.717, 1.165) is 16.5 Å². The largest absolute Gasteiger partial charge is 0.488 e. The lowest BCUT2D eigenvalue weighted by atomic mass is 10.1. The zero-order valence-electron chi connectivity index (χ0n) is 9.97. The van der Waals surface area contributed by atoms with Crippen molar-refractivity contribution in [2.24, 2.45) is 0 Å². The predicted octanol–water partition coefficient (Wildman–Crippen LogP) is 4.22. The molecular formula is C17H13O. The Balaban J connectivity index is 1.87. The van der Waals surface area contributed by atoms with Crippen LogP contribution in [0, 0.1) is 6.07 Å². The van der Waals surface area contributed by atoms with E-state index < -0.39 is 0 Å². The van der Waals surface area contributed by atoms with Crippen molar-refractivity contribution in [2.45, 2.75) is 6.61 Å². The van der Waals surface area contributed by atoms with Gasteiger partial charge in [0, 0.05) is 5.39 Å². The predicted molar refractivity (Wildman–Crippen MR) is 73.6 cm³/mol. The summed E-state index contributed by atoms with van der Waals surface area (Å²) in [4.78, 5) is 0. The third-order valence-corrected chi connectivity index (χ3v) is 2.92. The summed E-state index contributed by atoms with van der Waals surface area (Å²) in [6.45, 7) is 0.596. The molecule has 0 aromatic heterocycles. The lowest BCUT2D eigenvalue weighted by Gasteiger charge is -2.09. The summed E-state index contributed by atoms with van der Waals surface area (Å²) in [5.41, 5.74) is 1.18. The summed E-state index contributed by atoms with van der Waals surface area (Å²) in [6.07, 6.45) is 0. The number of rotatable bonds is 3. The minimum absolute atomic E-state index is 0.596. The van der Waals surface area contributed by atoms with Crippen LogP contribution in [0.1, 0.15) is 5.56 Å². The van der Waals surface area contributed by atoms with Gasteiger partial charge >= 0.3 is 0 Å². The van der Waals surface area contributed by atoms with Gasteiger partial charge in [-0.2, -0.15) is 0 Å². The highest BCUT2D eigenvalue weighted by Crippen LogP contribution is 2.25. The Morgan fingerprint density at radius 3 is 2.67 bits per heavy atom. The highest BCUT2D eigenvalue weighted by molar-refractivity contribution is 5.88. The van der Waals surface area contributed by atoms with Crippen LogP contribution < -0.4 is 4.74 Å². The lowest BCUT2D eigenvalue weighted by molar-refractivity contribution is 0.310. The molecule has 0 aliphatic carbocycles. The Kier molecular flexibility index (Phi) is 2.97. The van der Waals surface area contributed by atoms with Crippen molar-refractivity contribution in [2.75, 3.05) is 0 Å². The molecule has 0 atom stereocenters. The fourth-order valence-electron chi connectivity index (χ4n) is 2.00. The van der Waals surface area contributed by atoms with E-state index in [1.807, 2.05) is 48.5 Å². The second-order valence-electron chi connectivity index (χ2n) is 4.18. The summed E-state index contributed by atoms with van der Waals surface area (Å²) in [5.74, 6) is 0.922. The van der Waals surface area contributed by atoms with Crippen molar-refractivity contribution < 1.29 is 4.74 Å². The minimum Gasteiger partial charge on any atom is -0.488 e. The number of hydrogen-bond acceptors (Lipinski definition) is 1. The van der Waals surface area contributed by atoms with Gasteiger partial charge in [-0.25, -0.2) is 0 Å². The van der Waals surface area contributed by atoms with Gasteiger partial charge < -0.3 is 4.74 Å².